The molecule has 1 amide bonds. The number of anilines is 1. The monoisotopic (exact) mass is 402 g/mol. The van der Waals surface area contributed by atoms with Gasteiger partial charge in [0.2, 0.25) is 5.91 Å². The SMILES string of the molecule is O=C(/C=C/c1ccc([N+](=O)[O-])cc1)Nc1cccc(OCCCc2ccccc2)c1. The molecule has 6 nitrogen and oxygen atoms in total. The Morgan fingerprint density at radius 3 is 2.50 bits per heavy atom. The number of benzene rings is 3. The Morgan fingerprint density at radius 2 is 1.77 bits per heavy atom. The number of hydrogen-bond donors (Lipinski definition) is 1. The predicted octanol–water partition coefficient (Wildman–Crippen LogP) is 5.26. The molecule has 0 aliphatic rings. The summed E-state index contributed by atoms with van der Waals surface area (Å²) in [5.74, 6) is 0.398. The number of carbonyl (C=O) groups is 1. The van der Waals surface area contributed by atoms with Crippen LogP contribution in [0.2, 0.25) is 0 Å². The first-order chi connectivity index (χ1) is 14.6. The largest absolute Gasteiger partial charge is 0.494 e. The number of nitro groups is 1. The van der Waals surface area contributed by atoms with Crippen molar-refractivity contribution in [1.82, 2.24) is 0 Å². The van der Waals surface area contributed by atoms with E-state index in [2.05, 4.69) is 17.4 Å². The topological polar surface area (TPSA) is 81.5 Å². The van der Waals surface area contributed by atoms with Crippen LogP contribution in [-0.4, -0.2) is 17.4 Å². The Labute approximate surface area is 175 Å². The fraction of sp³-hybridized carbons (Fsp3) is 0.125. The zero-order valence-electron chi connectivity index (χ0n) is 16.4. The average Bonchev–Trinajstić information content (AvgIpc) is 2.76. The molecule has 0 heterocycles. The molecule has 0 fully saturated rings. The average molecular weight is 402 g/mol. The summed E-state index contributed by atoms with van der Waals surface area (Å²) in [6.07, 6.45) is 4.83. The number of non-ortho nitro benzene ring substituents is 1. The Kier molecular flexibility index (Phi) is 7.33. The van der Waals surface area contributed by atoms with Gasteiger partial charge in [0.25, 0.3) is 5.69 Å². The van der Waals surface area contributed by atoms with E-state index in [4.69, 9.17) is 4.74 Å². The molecular formula is C24H22N2O4. The molecule has 30 heavy (non-hydrogen) atoms. The molecule has 0 atom stereocenters. The first-order valence-corrected chi connectivity index (χ1v) is 9.60. The first-order valence-electron chi connectivity index (χ1n) is 9.60. The van der Waals surface area contributed by atoms with Gasteiger partial charge in [0.15, 0.2) is 0 Å². The quantitative estimate of drug-likeness (QED) is 0.229. The van der Waals surface area contributed by atoms with Crippen LogP contribution in [0.25, 0.3) is 6.08 Å². The molecule has 0 saturated carbocycles. The maximum atomic E-state index is 12.1. The predicted molar refractivity (Wildman–Crippen MR) is 117 cm³/mol. The molecule has 152 valence electrons. The van der Waals surface area contributed by atoms with Crippen LogP contribution in [0.3, 0.4) is 0 Å². The van der Waals surface area contributed by atoms with Crippen molar-refractivity contribution in [3.8, 4) is 5.75 Å². The lowest BCUT2D eigenvalue weighted by Crippen LogP contribution is -2.08. The lowest BCUT2D eigenvalue weighted by atomic mass is 10.1. The van der Waals surface area contributed by atoms with Crippen molar-refractivity contribution < 1.29 is 14.5 Å². The number of amides is 1. The summed E-state index contributed by atoms with van der Waals surface area (Å²) in [4.78, 5) is 22.4. The number of carbonyl (C=O) groups excluding carboxylic acids is 1. The van der Waals surface area contributed by atoms with Crippen molar-refractivity contribution in [1.29, 1.82) is 0 Å². The van der Waals surface area contributed by atoms with E-state index in [0.29, 0.717) is 23.6 Å². The van der Waals surface area contributed by atoms with E-state index in [1.54, 1.807) is 30.3 Å². The second-order valence-electron chi connectivity index (χ2n) is 6.64. The van der Waals surface area contributed by atoms with Crippen LogP contribution in [0.4, 0.5) is 11.4 Å². The van der Waals surface area contributed by atoms with Gasteiger partial charge < -0.3 is 10.1 Å². The van der Waals surface area contributed by atoms with Gasteiger partial charge in [-0.2, -0.15) is 0 Å². The molecule has 6 heteroatoms. The number of nitro benzene ring substituents is 1. The second kappa shape index (κ2) is 10.6. The van der Waals surface area contributed by atoms with Crippen LogP contribution in [-0.2, 0) is 11.2 Å². The van der Waals surface area contributed by atoms with E-state index in [1.165, 1.54) is 23.8 Å². The summed E-state index contributed by atoms with van der Waals surface area (Å²) in [6, 6.07) is 23.5. The molecule has 3 aromatic carbocycles. The Hall–Kier alpha value is -3.93. The zero-order chi connectivity index (χ0) is 21.2. The van der Waals surface area contributed by atoms with E-state index in [1.807, 2.05) is 30.3 Å². The van der Waals surface area contributed by atoms with Gasteiger partial charge in [0, 0.05) is 30.0 Å². The molecule has 0 aromatic heterocycles. The zero-order valence-corrected chi connectivity index (χ0v) is 16.4. The van der Waals surface area contributed by atoms with Crippen LogP contribution in [0.5, 0.6) is 5.75 Å². The fourth-order valence-electron chi connectivity index (χ4n) is 2.84. The van der Waals surface area contributed by atoms with Gasteiger partial charge in [0.1, 0.15) is 5.75 Å². The molecule has 0 spiro atoms. The molecular weight excluding hydrogens is 380 g/mol. The van der Waals surface area contributed by atoms with E-state index >= 15 is 0 Å². The Balaban J connectivity index is 1.47. The van der Waals surface area contributed by atoms with Crippen LogP contribution in [0, 0.1) is 10.1 Å². The normalized spacial score (nSPS) is 10.7. The van der Waals surface area contributed by atoms with Crippen LogP contribution < -0.4 is 10.1 Å². The number of hydrogen-bond acceptors (Lipinski definition) is 4. The van der Waals surface area contributed by atoms with Gasteiger partial charge in [-0.3, -0.25) is 14.9 Å². The fourth-order valence-corrected chi connectivity index (χ4v) is 2.84. The molecule has 0 bridgehead atoms. The summed E-state index contributed by atoms with van der Waals surface area (Å²) in [5, 5.41) is 13.5. The van der Waals surface area contributed by atoms with Gasteiger partial charge in [-0.25, -0.2) is 0 Å². The maximum absolute atomic E-state index is 12.1. The van der Waals surface area contributed by atoms with Gasteiger partial charge in [0.05, 0.1) is 11.5 Å². The Bertz CT molecular complexity index is 1010. The van der Waals surface area contributed by atoms with Crippen molar-refractivity contribution in [3.63, 3.8) is 0 Å². The van der Waals surface area contributed by atoms with Gasteiger partial charge in [-0.1, -0.05) is 36.4 Å². The van der Waals surface area contributed by atoms with Gasteiger partial charge in [-0.15, -0.1) is 0 Å². The number of aryl methyl sites for hydroxylation is 1. The highest BCUT2D eigenvalue weighted by Crippen LogP contribution is 2.18. The van der Waals surface area contributed by atoms with Gasteiger partial charge in [-0.05, 0) is 54.3 Å². The van der Waals surface area contributed by atoms with Gasteiger partial charge >= 0.3 is 0 Å². The van der Waals surface area contributed by atoms with Crippen molar-refractivity contribution in [2.45, 2.75) is 12.8 Å². The first kappa shape index (κ1) is 20.8. The van der Waals surface area contributed by atoms with Crippen LogP contribution in [0.15, 0.2) is 84.9 Å². The molecule has 3 rings (SSSR count). The summed E-state index contributed by atoms with van der Waals surface area (Å²) in [7, 11) is 0. The highest BCUT2D eigenvalue weighted by molar-refractivity contribution is 6.02. The number of ether oxygens (including phenoxy) is 1. The molecule has 1 N–H and O–H groups in total. The second-order valence-corrected chi connectivity index (χ2v) is 6.64. The standard InChI is InChI=1S/C24H22N2O4/c27-24(16-13-20-11-14-22(15-12-20)26(28)29)25-21-9-4-10-23(18-21)30-17-5-8-19-6-2-1-3-7-19/h1-4,6-7,9-16,18H,5,8,17H2,(H,25,27)/b16-13+. The Morgan fingerprint density at radius 1 is 1.00 bits per heavy atom. The summed E-state index contributed by atoms with van der Waals surface area (Å²) in [5.41, 5.74) is 2.62. The van der Waals surface area contributed by atoms with Crippen molar-refractivity contribution in [2.75, 3.05) is 11.9 Å². The minimum absolute atomic E-state index is 0.0113. The summed E-state index contributed by atoms with van der Waals surface area (Å²) < 4.78 is 5.79. The van der Waals surface area contributed by atoms with E-state index in [0.717, 1.165) is 12.8 Å². The van der Waals surface area contributed by atoms with Crippen LogP contribution >= 0.6 is 0 Å². The van der Waals surface area contributed by atoms with E-state index in [9.17, 15) is 14.9 Å². The molecule has 0 radical (unpaired) electrons. The lowest BCUT2D eigenvalue weighted by Gasteiger charge is -2.08. The highest BCUT2D eigenvalue weighted by Gasteiger charge is 2.04. The summed E-state index contributed by atoms with van der Waals surface area (Å²) >= 11 is 0. The van der Waals surface area contributed by atoms with Crippen molar-refractivity contribution >= 4 is 23.4 Å². The number of nitrogens with one attached hydrogen (secondary N) is 1. The molecule has 0 saturated heterocycles. The van der Waals surface area contributed by atoms with Crippen molar-refractivity contribution in [3.05, 3.63) is 106 Å². The third kappa shape index (κ3) is 6.60. The molecule has 3 aromatic rings. The number of nitrogens with zero attached hydrogens (tertiary/aromatic N) is 1. The van der Waals surface area contributed by atoms with Crippen molar-refractivity contribution in [2.24, 2.45) is 0 Å². The highest BCUT2D eigenvalue weighted by atomic mass is 16.6. The van der Waals surface area contributed by atoms with Crippen LogP contribution in [0.1, 0.15) is 17.5 Å². The third-order valence-electron chi connectivity index (χ3n) is 4.35. The molecule has 0 unspecified atom stereocenters. The van der Waals surface area contributed by atoms with E-state index in [-0.39, 0.29) is 11.6 Å². The maximum Gasteiger partial charge on any atom is 0.269 e. The summed E-state index contributed by atoms with van der Waals surface area (Å²) in [6.45, 7) is 0.590. The third-order valence-corrected chi connectivity index (χ3v) is 4.35. The smallest absolute Gasteiger partial charge is 0.269 e. The lowest BCUT2D eigenvalue weighted by molar-refractivity contribution is -0.384. The number of rotatable bonds is 9. The molecule has 0 aliphatic heterocycles. The molecule has 0 aliphatic carbocycles. The minimum atomic E-state index is -0.461. The minimum Gasteiger partial charge on any atom is -0.494 e. The van der Waals surface area contributed by atoms with E-state index < -0.39 is 4.92 Å².